The van der Waals surface area contributed by atoms with Crippen LogP contribution in [0.2, 0.25) is 0 Å². The van der Waals surface area contributed by atoms with Gasteiger partial charge in [0.2, 0.25) is 0 Å². The lowest BCUT2D eigenvalue weighted by Crippen LogP contribution is -2.06. The van der Waals surface area contributed by atoms with Gasteiger partial charge in [-0.05, 0) is 23.8 Å². The molecule has 0 N–H and O–H groups in total. The van der Waals surface area contributed by atoms with Gasteiger partial charge in [-0.25, -0.2) is 4.39 Å². The van der Waals surface area contributed by atoms with Gasteiger partial charge in [0, 0.05) is 0 Å². The molecule has 98 valence electrons. The Morgan fingerprint density at radius 3 is 2.26 bits per heavy atom. The van der Waals surface area contributed by atoms with Gasteiger partial charge < -0.3 is 4.18 Å². The molecule has 0 atom stereocenters. The summed E-state index contributed by atoms with van der Waals surface area (Å²) in [5, 5.41) is 0.898. The molecule has 0 unspecified atom stereocenters. The second-order valence-electron chi connectivity index (χ2n) is 3.72. The van der Waals surface area contributed by atoms with Crippen molar-refractivity contribution in [3.63, 3.8) is 0 Å². The van der Waals surface area contributed by atoms with Crippen LogP contribution in [-0.2, 0) is 10.1 Å². The minimum Gasteiger partial charge on any atom is -0.376 e. The van der Waals surface area contributed by atoms with Gasteiger partial charge in [0.05, 0.1) is 5.41 Å². The highest BCUT2D eigenvalue weighted by atomic mass is 32.2. The lowest BCUT2D eigenvalue weighted by atomic mass is 10.2. The third-order valence-electron chi connectivity index (χ3n) is 2.27. The molecule has 0 spiro atoms. The first-order chi connectivity index (χ1) is 9.07. The molecule has 0 aliphatic rings. The standard InChI is InChI=1S/C14H11FO3S/c15-13-8-4-5-9-14(13)18-19(16,17)11-10-12-6-2-1-3-7-12/h1-11H/b11-10+. The molecule has 2 rings (SSSR count). The van der Waals surface area contributed by atoms with E-state index < -0.39 is 15.9 Å². The molecule has 2 aromatic rings. The van der Waals surface area contributed by atoms with Crippen molar-refractivity contribution in [2.24, 2.45) is 0 Å². The summed E-state index contributed by atoms with van der Waals surface area (Å²) in [6.07, 6.45) is 1.39. The van der Waals surface area contributed by atoms with Crippen molar-refractivity contribution < 1.29 is 17.0 Å². The van der Waals surface area contributed by atoms with Crippen molar-refractivity contribution in [2.45, 2.75) is 0 Å². The van der Waals surface area contributed by atoms with Gasteiger partial charge in [0.25, 0.3) is 0 Å². The zero-order valence-corrected chi connectivity index (χ0v) is 10.7. The van der Waals surface area contributed by atoms with Crippen molar-refractivity contribution in [1.82, 2.24) is 0 Å². The van der Waals surface area contributed by atoms with Crippen LogP contribution >= 0.6 is 0 Å². The fraction of sp³-hybridized carbons (Fsp3) is 0. The Kier molecular flexibility index (Phi) is 3.97. The Morgan fingerprint density at radius 1 is 0.947 bits per heavy atom. The van der Waals surface area contributed by atoms with Gasteiger partial charge in [0.1, 0.15) is 0 Å². The highest BCUT2D eigenvalue weighted by molar-refractivity contribution is 7.90. The maximum atomic E-state index is 13.3. The molecule has 0 aromatic heterocycles. The topological polar surface area (TPSA) is 43.4 Å². The van der Waals surface area contributed by atoms with Crippen molar-refractivity contribution in [2.75, 3.05) is 0 Å². The average molecular weight is 278 g/mol. The van der Waals surface area contributed by atoms with E-state index in [4.69, 9.17) is 0 Å². The van der Waals surface area contributed by atoms with E-state index in [-0.39, 0.29) is 5.75 Å². The van der Waals surface area contributed by atoms with Crippen LogP contribution in [0.5, 0.6) is 5.75 Å². The van der Waals surface area contributed by atoms with Crippen LogP contribution in [0.3, 0.4) is 0 Å². The molecule has 0 fully saturated rings. The zero-order valence-electron chi connectivity index (χ0n) is 9.86. The molecule has 19 heavy (non-hydrogen) atoms. The monoisotopic (exact) mass is 278 g/mol. The predicted molar refractivity (Wildman–Crippen MR) is 71.4 cm³/mol. The van der Waals surface area contributed by atoms with Gasteiger partial charge >= 0.3 is 10.1 Å². The first-order valence-corrected chi connectivity index (χ1v) is 6.96. The lowest BCUT2D eigenvalue weighted by Gasteiger charge is -2.03. The molecule has 0 bridgehead atoms. The summed E-state index contributed by atoms with van der Waals surface area (Å²) in [6.45, 7) is 0. The normalized spacial score (nSPS) is 11.6. The predicted octanol–water partition coefficient (Wildman–Crippen LogP) is 3.21. The lowest BCUT2D eigenvalue weighted by molar-refractivity contribution is 0.470. The van der Waals surface area contributed by atoms with Crippen molar-refractivity contribution >= 4 is 16.2 Å². The van der Waals surface area contributed by atoms with Crippen LogP contribution in [0.15, 0.2) is 60.0 Å². The van der Waals surface area contributed by atoms with Crippen LogP contribution < -0.4 is 4.18 Å². The zero-order chi connectivity index (χ0) is 13.7. The molecular formula is C14H11FO3S. The van der Waals surface area contributed by atoms with Crippen LogP contribution in [0.25, 0.3) is 6.08 Å². The highest BCUT2D eigenvalue weighted by Crippen LogP contribution is 2.18. The summed E-state index contributed by atoms with van der Waals surface area (Å²) in [5.74, 6) is -1.04. The minimum atomic E-state index is -3.98. The van der Waals surface area contributed by atoms with E-state index in [9.17, 15) is 12.8 Å². The third-order valence-corrected chi connectivity index (χ3v) is 3.15. The van der Waals surface area contributed by atoms with E-state index in [0.717, 1.165) is 11.5 Å². The molecule has 0 saturated carbocycles. The number of rotatable bonds is 4. The molecule has 0 saturated heterocycles. The second-order valence-corrected chi connectivity index (χ2v) is 5.14. The molecule has 0 radical (unpaired) electrons. The van der Waals surface area contributed by atoms with Gasteiger partial charge in [-0.3, -0.25) is 0 Å². The molecular weight excluding hydrogens is 267 g/mol. The van der Waals surface area contributed by atoms with E-state index in [0.29, 0.717) is 5.56 Å². The molecule has 0 heterocycles. The summed E-state index contributed by atoms with van der Waals surface area (Å²) in [7, 11) is -3.98. The molecule has 0 amide bonds. The van der Waals surface area contributed by atoms with Gasteiger partial charge in [-0.15, -0.1) is 0 Å². The Balaban J connectivity index is 2.16. The second kappa shape index (κ2) is 5.67. The quantitative estimate of drug-likeness (QED) is 0.807. The molecule has 2 aromatic carbocycles. The van der Waals surface area contributed by atoms with Gasteiger partial charge in [-0.1, -0.05) is 42.5 Å². The van der Waals surface area contributed by atoms with Crippen LogP contribution in [-0.4, -0.2) is 8.42 Å². The van der Waals surface area contributed by atoms with E-state index in [1.165, 1.54) is 24.3 Å². The first kappa shape index (κ1) is 13.3. The molecule has 5 heteroatoms. The third kappa shape index (κ3) is 3.93. The van der Waals surface area contributed by atoms with E-state index >= 15 is 0 Å². The average Bonchev–Trinajstić information content (AvgIpc) is 2.40. The number of hydrogen-bond donors (Lipinski definition) is 0. The smallest absolute Gasteiger partial charge is 0.332 e. The maximum absolute atomic E-state index is 13.3. The summed E-state index contributed by atoms with van der Waals surface area (Å²) in [5.41, 5.74) is 0.711. The van der Waals surface area contributed by atoms with Gasteiger partial charge in [0.15, 0.2) is 11.6 Å². The fourth-order valence-electron chi connectivity index (χ4n) is 1.39. The highest BCUT2D eigenvalue weighted by Gasteiger charge is 2.11. The van der Waals surface area contributed by atoms with E-state index in [2.05, 4.69) is 4.18 Å². The van der Waals surface area contributed by atoms with Crippen molar-refractivity contribution in [3.8, 4) is 5.75 Å². The summed E-state index contributed by atoms with van der Waals surface area (Å²) in [4.78, 5) is 0. The van der Waals surface area contributed by atoms with Gasteiger partial charge in [-0.2, -0.15) is 8.42 Å². The number of halogens is 1. The number of para-hydroxylation sites is 1. The SMILES string of the molecule is O=S(=O)(/C=C/c1ccccc1)Oc1ccccc1F. The largest absolute Gasteiger partial charge is 0.376 e. The van der Waals surface area contributed by atoms with Crippen LogP contribution in [0.4, 0.5) is 4.39 Å². The Morgan fingerprint density at radius 2 is 1.58 bits per heavy atom. The van der Waals surface area contributed by atoms with Crippen LogP contribution in [0, 0.1) is 5.82 Å². The van der Waals surface area contributed by atoms with E-state index in [1.807, 2.05) is 6.07 Å². The van der Waals surface area contributed by atoms with Crippen molar-refractivity contribution in [1.29, 1.82) is 0 Å². The summed E-state index contributed by atoms with van der Waals surface area (Å²) in [6, 6.07) is 14.2. The minimum absolute atomic E-state index is 0.319. The Hall–Kier alpha value is -2.14. The van der Waals surface area contributed by atoms with Crippen molar-refractivity contribution in [3.05, 3.63) is 71.4 Å². The number of hydrogen-bond acceptors (Lipinski definition) is 3. The Bertz CT molecular complexity index is 679. The van der Waals surface area contributed by atoms with Crippen LogP contribution in [0.1, 0.15) is 5.56 Å². The maximum Gasteiger partial charge on any atom is 0.332 e. The van der Waals surface area contributed by atoms with E-state index in [1.54, 1.807) is 24.3 Å². The Labute approximate surface area is 111 Å². The fourth-order valence-corrected chi connectivity index (χ4v) is 2.16. The molecule has 0 aliphatic heterocycles. The molecule has 0 aliphatic carbocycles. The number of benzene rings is 2. The summed E-state index contributed by atoms with van der Waals surface area (Å²) < 4.78 is 41.2. The first-order valence-electron chi connectivity index (χ1n) is 5.49. The summed E-state index contributed by atoms with van der Waals surface area (Å²) >= 11 is 0. The molecule has 3 nitrogen and oxygen atoms in total.